The molecule has 0 unspecified atom stereocenters. The van der Waals surface area contributed by atoms with Gasteiger partial charge in [-0.05, 0) is 77.3 Å². The van der Waals surface area contributed by atoms with E-state index in [1.165, 1.54) is 0 Å². The number of aromatic nitrogens is 3. The standard InChI is InChI=1S/C28H32N4O3S/c1-16(2)35-22-15-19-17(14-21(22)34-7)12-13-18-24(26(33)31(6)28(3,4)5)30-32(25(18)19)27-29-20-10-8-9-11-23(20)36-27/h8-11,14-16H,12-13H2,1-7H3. The Hall–Kier alpha value is -3.39. The van der Waals surface area contributed by atoms with Gasteiger partial charge in [0.15, 0.2) is 17.2 Å². The van der Waals surface area contributed by atoms with Gasteiger partial charge < -0.3 is 14.4 Å². The highest BCUT2D eigenvalue weighted by atomic mass is 32.1. The normalized spacial score (nSPS) is 13.0. The van der Waals surface area contributed by atoms with Crippen LogP contribution in [0.2, 0.25) is 0 Å². The van der Waals surface area contributed by atoms with E-state index in [1.807, 2.05) is 70.6 Å². The van der Waals surface area contributed by atoms with E-state index >= 15 is 0 Å². The van der Waals surface area contributed by atoms with Gasteiger partial charge in [-0.15, -0.1) is 0 Å². The Labute approximate surface area is 215 Å². The number of methoxy groups -OCH3 is 1. The van der Waals surface area contributed by atoms with Gasteiger partial charge in [0, 0.05) is 23.7 Å². The molecule has 1 aliphatic carbocycles. The van der Waals surface area contributed by atoms with Crippen molar-refractivity contribution >= 4 is 27.5 Å². The highest BCUT2D eigenvalue weighted by Gasteiger charge is 2.34. The van der Waals surface area contributed by atoms with Crippen LogP contribution in [-0.2, 0) is 12.8 Å². The Morgan fingerprint density at radius 1 is 1.14 bits per heavy atom. The molecule has 0 atom stereocenters. The molecule has 0 radical (unpaired) electrons. The number of amides is 1. The molecule has 0 saturated heterocycles. The number of aryl methyl sites for hydroxylation is 1. The van der Waals surface area contributed by atoms with Gasteiger partial charge in [0.25, 0.3) is 5.91 Å². The molecule has 2 heterocycles. The number of fused-ring (bicyclic) bond motifs is 4. The Kier molecular flexibility index (Phi) is 6.03. The molecule has 0 fully saturated rings. The van der Waals surface area contributed by atoms with E-state index in [9.17, 15) is 4.79 Å². The van der Waals surface area contributed by atoms with E-state index < -0.39 is 0 Å². The van der Waals surface area contributed by atoms with Crippen molar-refractivity contribution in [3.63, 3.8) is 0 Å². The summed E-state index contributed by atoms with van der Waals surface area (Å²) in [5, 5.41) is 5.66. The largest absolute Gasteiger partial charge is 0.493 e. The van der Waals surface area contributed by atoms with Gasteiger partial charge in [-0.2, -0.15) is 5.10 Å². The molecule has 2 aromatic heterocycles. The minimum atomic E-state index is -0.332. The topological polar surface area (TPSA) is 69.5 Å². The summed E-state index contributed by atoms with van der Waals surface area (Å²) in [4.78, 5) is 20.3. The SMILES string of the molecule is COc1cc2c(cc1OC(C)C)-c1c(c(C(=O)N(C)C(C)(C)C)nn1-c1nc3ccccc3s1)CC2. The third-order valence-corrected chi connectivity index (χ3v) is 7.62. The molecule has 8 heteroatoms. The van der Waals surface area contributed by atoms with Crippen LogP contribution in [0.1, 0.15) is 56.2 Å². The monoisotopic (exact) mass is 504 g/mol. The average molecular weight is 505 g/mol. The maximum Gasteiger partial charge on any atom is 0.274 e. The van der Waals surface area contributed by atoms with Gasteiger partial charge in [0.2, 0.25) is 5.13 Å². The summed E-state index contributed by atoms with van der Waals surface area (Å²) in [5.74, 6) is 1.30. The van der Waals surface area contributed by atoms with Gasteiger partial charge in [-0.3, -0.25) is 4.79 Å². The van der Waals surface area contributed by atoms with Gasteiger partial charge in [0.1, 0.15) is 0 Å². The first-order chi connectivity index (χ1) is 17.1. The minimum absolute atomic E-state index is 0.00763. The molecule has 0 saturated carbocycles. The fourth-order valence-electron chi connectivity index (χ4n) is 4.48. The first-order valence-electron chi connectivity index (χ1n) is 12.2. The van der Waals surface area contributed by atoms with Crippen LogP contribution in [0.3, 0.4) is 0 Å². The van der Waals surface area contributed by atoms with E-state index in [-0.39, 0.29) is 17.6 Å². The summed E-state index contributed by atoms with van der Waals surface area (Å²) in [6.07, 6.45) is 1.48. The number of thiazole rings is 1. The highest BCUT2D eigenvalue weighted by Crippen LogP contribution is 2.43. The Bertz CT molecular complexity index is 1430. The summed E-state index contributed by atoms with van der Waals surface area (Å²) in [6.45, 7) is 10.1. The van der Waals surface area contributed by atoms with Crippen molar-refractivity contribution in [2.75, 3.05) is 14.2 Å². The van der Waals surface area contributed by atoms with Crippen LogP contribution in [0.5, 0.6) is 11.5 Å². The zero-order valence-electron chi connectivity index (χ0n) is 21.9. The van der Waals surface area contributed by atoms with E-state index in [4.69, 9.17) is 19.6 Å². The quantitative estimate of drug-likeness (QED) is 0.338. The second-order valence-electron chi connectivity index (χ2n) is 10.4. The number of carbonyl (C=O) groups is 1. The fourth-order valence-corrected chi connectivity index (χ4v) is 5.41. The third kappa shape index (κ3) is 4.13. The molecule has 2 aromatic carbocycles. The van der Waals surface area contributed by atoms with Crippen LogP contribution < -0.4 is 9.47 Å². The van der Waals surface area contributed by atoms with E-state index in [2.05, 4.69) is 12.1 Å². The molecule has 0 spiro atoms. The lowest BCUT2D eigenvalue weighted by Gasteiger charge is -2.31. The number of ether oxygens (including phenoxy) is 2. The predicted molar refractivity (Wildman–Crippen MR) is 144 cm³/mol. The molecule has 4 aromatic rings. The van der Waals surface area contributed by atoms with Crippen molar-refractivity contribution in [1.82, 2.24) is 19.7 Å². The second kappa shape index (κ2) is 8.92. The second-order valence-corrected chi connectivity index (χ2v) is 11.4. The van der Waals surface area contributed by atoms with Gasteiger partial charge in [0.05, 0.1) is 29.1 Å². The number of hydrogen-bond acceptors (Lipinski definition) is 6. The summed E-state index contributed by atoms with van der Waals surface area (Å²) in [5.41, 5.74) is 5.05. The molecular formula is C28H32N4O3S. The summed E-state index contributed by atoms with van der Waals surface area (Å²) in [7, 11) is 3.50. The van der Waals surface area contributed by atoms with Crippen molar-refractivity contribution in [2.45, 2.75) is 59.1 Å². The van der Waals surface area contributed by atoms with Gasteiger partial charge in [-0.25, -0.2) is 9.67 Å². The zero-order valence-corrected chi connectivity index (χ0v) is 22.7. The summed E-state index contributed by atoms with van der Waals surface area (Å²) < 4.78 is 14.7. The Balaban J connectivity index is 1.76. The number of benzene rings is 2. The van der Waals surface area contributed by atoms with Crippen LogP contribution in [-0.4, -0.2) is 51.4 Å². The number of hydrogen-bond donors (Lipinski definition) is 0. The Morgan fingerprint density at radius 2 is 1.89 bits per heavy atom. The number of para-hydroxylation sites is 1. The van der Waals surface area contributed by atoms with Crippen LogP contribution >= 0.6 is 11.3 Å². The van der Waals surface area contributed by atoms with Crippen molar-refractivity contribution in [3.05, 3.63) is 53.2 Å². The molecule has 0 aliphatic heterocycles. The molecule has 0 bridgehead atoms. The van der Waals surface area contributed by atoms with Gasteiger partial charge in [-0.1, -0.05) is 23.5 Å². The molecule has 0 N–H and O–H groups in total. The first-order valence-corrected chi connectivity index (χ1v) is 13.0. The maximum absolute atomic E-state index is 13.7. The lowest BCUT2D eigenvalue weighted by atomic mass is 9.88. The van der Waals surface area contributed by atoms with Crippen molar-refractivity contribution in [2.24, 2.45) is 0 Å². The van der Waals surface area contributed by atoms with Gasteiger partial charge >= 0.3 is 0 Å². The van der Waals surface area contributed by atoms with Crippen molar-refractivity contribution < 1.29 is 14.3 Å². The van der Waals surface area contributed by atoms with Crippen molar-refractivity contribution in [3.8, 4) is 27.9 Å². The molecule has 7 nitrogen and oxygen atoms in total. The number of carbonyl (C=O) groups excluding carboxylic acids is 1. The Morgan fingerprint density at radius 3 is 2.56 bits per heavy atom. The highest BCUT2D eigenvalue weighted by molar-refractivity contribution is 7.20. The summed E-state index contributed by atoms with van der Waals surface area (Å²) in [6, 6.07) is 12.1. The van der Waals surface area contributed by atoms with Crippen LogP contribution in [0.15, 0.2) is 36.4 Å². The zero-order chi connectivity index (χ0) is 25.8. The molecule has 1 aliphatic rings. The lowest BCUT2D eigenvalue weighted by molar-refractivity contribution is 0.0648. The van der Waals surface area contributed by atoms with E-state index in [0.29, 0.717) is 23.6 Å². The maximum atomic E-state index is 13.7. The summed E-state index contributed by atoms with van der Waals surface area (Å²) >= 11 is 1.57. The lowest BCUT2D eigenvalue weighted by Crippen LogP contribution is -2.43. The average Bonchev–Trinajstić information content (AvgIpc) is 3.43. The molecular weight excluding hydrogens is 472 g/mol. The molecule has 36 heavy (non-hydrogen) atoms. The predicted octanol–water partition coefficient (Wildman–Crippen LogP) is 5.91. The smallest absolute Gasteiger partial charge is 0.274 e. The fraction of sp³-hybridized carbons (Fsp3) is 0.393. The molecule has 188 valence electrons. The van der Waals surface area contributed by atoms with Crippen LogP contribution in [0.4, 0.5) is 0 Å². The third-order valence-electron chi connectivity index (χ3n) is 6.61. The van der Waals surface area contributed by atoms with Crippen molar-refractivity contribution in [1.29, 1.82) is 0 Å². The number of rotatable bonds is 5. The van der Waals surface area contributed by atoms with Crippen LogP contribution in [0.25, 0.3) is 26.6 Å². The molecule has 5 rings (SSSR count). The van der Waals surface area contributed by atoms with E-state index in [0.717, 1.165) is 44.2 Å². The minimum Gasteiger partial charge on any atom is -0.493 e. The van der Waals surface area contributed by atoms with E-state index in [1.54, 1.807) is 23.3 Å². The first kappa shape index (κ1) is 24.3. The molecule has 1 amide bonds. The number of nitrogens with zero attached hydrogens (tertiary/aromatic N) is 4. The van der Waals surface area contributed by atoms with Crippen LogP contribution in [0, 0.1) is 0 Å².